The average Bonchev–Trinajstić information content (AvgIpc) is 3.15. The molecule has 0 bridgehead atoms. The quantitative estimate of drug-likeness (QED) is 0.888. The lowest BCUT2D eigenvalue weighted by atomic mass is 10.1. The predicted molar refractivity (Wildman–Crippen MR) is 72.5 cm³/mol. The molecule has 1 aliphatic rings. The van der Waals surface area contributed by atoms with Gasteiger partial charge in [-0.05, 0) is 29.7 Å². The van der Waals surface area contributed by atoms with E-state index in [0.717, 1.165) is 23.8 Å². The number of amides is 1. The summed E-state index contributed by atoms with van der Waals surface area (Å²) in [5.74, 6) is 0.269. The standard InChI is InChI=1S/C14H15NO2S/c16-12(7-15-14(17)9-5-6-9)11-8-18-13-4-2-1-3-10(11)13/h1-4,8-9,12,16H,5-7H2,(H,15,17)/t12-/m0/s1. The van der Waals surface area contributed by atoms with Crippen LogP contribution >= 0.6 is 11.3 Å². The number of aliphatic hydroxyl groups is 1. The number of carbonyl (C=O) groups is 1. The van der Waals surface area contributed by atoms with Gasteiger partial charge in [0.15, 0.2) is 0 Å². The molecular weight excluding hydrogens is 246 g/mol. The topological polar surface area (TPSA) is 49.3 Å². The van der Waals surface area contributed by atoms with Gasteiger partial charge in [0.25, 0.3) is 0 Å². The van der Waals surface area contributed by atoms with Crippen molar-refractivity contribution >= 4 is 27.3 Å². The zero-order valence-electron chi connectivity index (χ0n) is 9.93. The van der Waals surface area contributed by atoms with E-state index >= 15 is 0 Å². The van der Waals surface area contributed by atoms with Crippen LogP contribution in [0.15, 0.2) is 29.6 Å². The molecule has 18 heavy (non-hydrogen) atoms. The molecular formula is C14H15NO2S. The van der Waals surface area contributed by atoms with E-state index in [4.69, 9.17) is 0 Å². The predicted octanol–water partition coefficient (Wildman–Crippen LogP) is 2.46. The van der Waals surface area contributed by atoms with Crippen LogP contribution in [0.25, 0.3) is 10.1 Å². The normalized spacial score (nSPS) is 16.7. The Morgan fingerprint density at radius 3 is 3.00 bits per heavy atom. The smallest absolute Gasteiger partial charge is 0.223 e. The molecule has 1 amide bonds. The van der Waals surface area contributed by atoms with Gasteiger partial charge in [-0.2, -0.15) is 0 Å². The van der Waals surface area contributed by atoms with Crippen LogP contribution < -0.4 is 5.32 Å². The van der Waals surface area contributed by atoms with Crippen molar-refractivity contribution in [2.24, 2.45) is 5.92 Å². The van der Waals surface area contributed by atoms with Gasteiger partial charge >= 0.3 is 0 Å². The van der Waals surface area contributed by atoms with E-state index in [1.54, 1.807) is 11.3 Å². The Labute approximate surface area is 109 Å². The molecule has 0 aliphatic heterocycles. The Balaban J connectivity index is 1.71. The van der Waals surface area contributed by atoms with Crippen LogP contribution in [0.5, 0.6) is 0 Å². The number of carbonyl (C=O) groups excluding carboxylic acids is 1. The van der Waals surface area contributed by atoms with E-state index < -0.39 is 6.10 Å². The molecule has 3 nitrogen and oxygen atoms in total. The van der Waals surface area contributed by atoms with E-state index in [9.17, 15) is 9.90 Å². The van der Waals surface area contributed by atoms with Crippen LogP contribution in [0.1, 0.15) is 24.5 Å². The number of fused-ring (bicyclic) bond motifs is 1. The fraction of sp³-hybridized carbons (Fsp3) is 0.357. The summed E-state index contributed by atoms with van der Waals surface area (Å²) in [5, 5.41) is 16.0. The molecule has 0 unspecified atom stereocenters. The zero-order chi connectivity index (χ0) is 12.5. The molecule has 1 aliphatic carbocycles. The van der Waals surface area contributed by atoms with Gasteiger partial charge < -0.3 is 10.4 Å². The summed E-state index contributed by atoms with van der Waals surface area (Å²) in [7, 11) is 0. The van der Waals surface area contributed by atoms with Crippen LogP contribution in [0.2, 0.25) is 0 Å². The van der Waals surface area contributed by atoms with Gasteiger partial charge in [-0.3, -0.25) is 4.79 Å². The lowest BCUT2D eigenvalue weighted by Gasteiger charge is -2.11. The molecule has 1 aromatic carbocycles. The summed E-state index contributed by atoms with van der Waals surface area (Å²) < 4.78 is 1.17. The maximum Gasteiger partial charge on any atom is 0.223 e. The first-order valence-electron chi connectivity index (χ1n) is 6.17. The fourth-order valence-electron chi connectivity index (χ4n) is 2.05. The highest BCUT2D eigenvalue weighted by Gasteiger charge is 2.29. The molecule has 94 valence electrons. The molecule has 2 aromatic rings. The van der Waals surface area contributed by atoms with Gasteiger partial charge in [0, 0.05) is 22.7 Å². The van der Waals surface area contributed by atoms with Gasteiger partial charge in [-0.1, -0.05) is 18.2 Å². The molecule has 3 rings (SSSR count). The Morgan fingerprint density at radius 1 is 1.44 bits per heavy atom. The van der Waals surface area contributed by atoms with Crippen molar-refractivity contribution in [1.82, 2.24) is 5.32 Å². The SMILES string of the molecule is O=C(NC[C@H](O)c1csc2ccccc12)C1CC1. The van der Waals surface area contributed by atoms with E-state index in [1.807, 2.05) is 29.6 Å². The molecule has 4 heteroatoms. The Kier molecular flexibility index (Phi) is 3.06. The van der Waals surface area contributed by atoms with Crippen molar-refractivity contribution in [3.8, 4) is 0 Å². The molecule has 1 saturated carbocycles. The molecule has 1 aromatic heterocycles. The zero-order valence-corrected chi connectivity index (χ0v) is 10.7. The van der Waals surface area contributed by atoms with E-state index in [2.05, 4.69) is 5.32 Å². The summed E-state index contributed by atoms with van der Waals surface area (Å²) in [6.45, 7) is 0.302. The van der Waals surface area contributed by atoms with E-state index in [1.165, 1.54) is 4.70 Å². The van der Waals surface area contributed by atoms with Gasteiger partial charge in [0.05, 0.1) is 6.10 Å². The highest BCUT2D eigenvalue weighted by molar-refractivity contribution is 7.17. The second-order valence-electron chi connectivity index (χ2n) is 4.72. The van der Waals surface area contributed by atoms with Crippen molar-refractivity contribution in [3.63, 3.8) is 0 Å². The molecule has 1 fully saturated rings. The first-order valence-corrected chi connectivity index (χ1v) is 7.05. The summed E-state index contributed by atoms with van der Waals surface area (Å²) >= 11 is 1.62. The maximum atomic E-state index is 11.5. The molecule has 1 atom stereocenters. The van der Waals surface area contributed by atoms with Crippen LogP contribution in [0.4, 0.5) is 0 Å². The lowest BCUT2D eigenvalue weighted by Crippen LogP contribution is -2.29. The highest BCUT2D eigenvalue weighted by Crippen LogP contribution is 2.31. The second-order valence-corrected chi connectivity index (χ2v) is 5.63. The van der Waals surface area contributed by atoms with Gasteiger partial charge in [-0.15, -0.1) is 11.3 Å². The monoisotopic (exact) mass is 261 g/mol. The molecule has 0 saturated heterocycles. The molecule has 0 radical (unpaired) electrons. The minimum Gasteiger partial charge on any atom is -0.387 e. The molecule has 0 spiro atoms. The second kappa shape index (κ2) is 4.71. The fourth-order valence-corrected chi connectivity index (χ4v) is 3.06. The molecule has 1 heterocycles. The third-order valence-corrected chi connectivity index (χ3v) is 4.27. The maximum absolute atomic E-state index is 11.5. The summed E-state index contributed by atoms with van der Waals surface area (Å²) in [6, 6.07) is 8.00. The largest absolute Gasteiger partial charge is 0.387 e. The Morgan fingerprint density at radius 2 is 2.22 bits per heavy atom. The third kappa shape index (κ3) is 2.26. The third-order valence-electron chi connectivity index (χ3n) is 3.29. The molecule has 2 N–H and O–H groups in total. The minimum atomic E-state index is -0.621. The van der Waals surface area contributed by atoms with Gasteiger partial charge in [0.1, 0.15) is 0 Å². The Bertz CT molecular complexity index is 574. The number of hydrogen-bond donors (Lipinski definition) is 2. The van der Waals surface area contributed by atoms with Crippen molar-refractivity contribution in [3.05, 3.63) is 35.2 Å². The van der Waals surface area contributed by atoms with Crippen LogP contribution in [-0.2, 0) is 4.79 Å². The minimum absolute atomic E-state index is 0.0774. The van der Waals surface area contributed by atoms with Crippen molar-refractivity contribution in [2.45, 2.75) is 18.9 Å². The van der Waals surface area contributed by atoms with E-state index in [0.29, 0.717) is 6.54 Å². The highest BCUT2D eigenvalue weighted by atomic mass is 32.1. The first-order chi connectivity index (χ1) is 8.75. The number of aliphatic hydroxyl groups excluding tert-OH is 1. The summed E-state index contributed by atoms with van der Waals surface area (Å²) in [6.07, 6.45) is 1.36. The Hall–Kier alpha value is -1.39. The van der Waals surface area contributed by atoms with Gasteiger partial charge in [-0.25, -0.2) is 0 Å². The first kappa shape index (κ1) is 11.7. The number of rotatable bonds is 4. The van der Waals surface area contributed by atoms with Crippen molar-refractivity contribution in [1.29, 1.82) is 0 Å². The van der Waals surface area contributed by atoms with E-state index in [-0.39, 0.29) is 11.8 Å². The number of benzene rings is 1. The number of thiophene rings is 1. The van der Waals surface area contributed by atoms with Gasteiger partial charge in [0.2, 0.25) is 5.91 Å². The summed E-state index contributed by atoms with van der Waals surface area (Å²) in [4.78, 5) is 11.5. The lowest BCUT2D eigenvalue weighted by molar-refractivity contribution is -0.122. The summed E-state index contributed by atoms with van der Waals surface area (Å²) in [5.41, 5.74) is 0.909. The van der Waals surface area contributed by atoms with Crippen molar-refractivity contribution < 1.29 is 9.90 Å². The number of nitrogens with one attached hydrogen (secondary N) is 1. The van der Waals surface area contributed by atoms with Crippen LogP contribution in [-0.4, -0.2) is 17.6 Å². The van der Waals surface area contributed by atoms with Crippen molar-refractivity contribution in [2.75, 3.05) is 6.54 Å². The number of hydrogen-bond acceptors (Lipinski definition) is 3. The van der Waals surface area contributed by atoms with Crippen LogP contribution in [0.3, 0.4) is 0 Å². The average molecular weight is 261 g/mol. The van der Waals surface area contributed by atoms with Crippen LogP contribution in [0, 0.1) is 5.92 Å².